The van der Waals surface area contributed by atoms with Crippen LogP contribution in [0.4, 0.5) is 8.78 Å². The summed E-state index contributed by atoms with van der Waals surface area (Å²) < 4.78 is 39.3. The molecule has 1 atom stereocenters. The van der Waals surface area contributed by atoms with Gasteiger partial charge in [0.05, 0.1) is 23.3 Å². The Balaban J connectivity index is 1.72. The first kappa shape index (κ1) is 17.6. The minimum absolute atomic E-state index is 0.0137. The number of carbonyl (C=O) groups is 1. The van der Waals surface area contributed by atoms with Gasteiger partial charge in [0.2, 0.25) is 5.76 Å². The van der Waals surface area contributed by atoms with Gasteiger partial charge in [-0.2, -0.15) is 0 Å². The summed E-state index contributed by atoms with van der Waals surface area (Å²) in [5, 5.41) is 0.323. The number of para-hydroxylation sites is 1. The van der Waals surface area contributed by atoms with Crippen LogP contribution >= 0.6 is 0 Å². The third-order valence-corrected chi connectivity index (χ3v) is 5.25. The number of imidazole rings is 1. The van der Waals surface area contributed by atoms with E-state index in [1.165, 1.54) is 17.6 Å². The number of nitrogens with one attached hydrogen (secondary N) is 1. The van der Waals surface area contributed by atoms with Crippen LogP contribution in [-0.4, -0.2) is 32.3 Å². The molecule has 0 spiro atoms. The molecule has 0 fully saturated rings. The van der Waals surface area contributed by atoms with Crippen LogP contribution in [0.1, 0.15) is 51.4 Å². The molecule has 0 saturated heterocycles. The number of halogens is 2. The van der Waals surface area contributed by atoms with Crippen LogP contribution in [0.25, 0.3) is 11.0 Å². The Hall–Kier alpha value is -3.49. The molecular weight excluding hydrogens is 382 g/mol. The van der Waals surface area contributed by atoms with Gasteiger partial charge < -0.3 is 18.7 Å². The molecule has 7 nitrogen and oxygen atoms in total. The highest BCUT2D eigenvalue weighted by molar-refractivity contribution is 5.93. The van der Waals surface area contributed by atoms with E-state index < -0.39 is 18.4 Å². The van der Waals surface area contributed by atoms with Crippen molar-refractivity contribution in [3.63, 3.8) is 0 Å². The average Bonchev–Trinajstić information content (AvgIpc) is 3.43. The first-order chi connectivity index (χ1) is 14.1. The molecule has 1 amide bonds. The minimum atomic E-state index is -2.78. The number of furan rings is 1. The van der Waals surface area contributed by atoms with Crippen molar-refractivity contribution in [1.29, 1.82) is 0 Å². The zero-order valence-electron chi connectivity index (χ0n) is 15.4. The fourth-order valence-electron chi connectivity index (χ4n) is 3.91. The molecule has 0 aliphatic carbocycles. The Labute approximate surface area is 163 Å². The molecule has 0 saturated carbocycles. The van der Waals surface area contributed by atoms with Crippen molar-refractivity contribution in [3.05, 3.63) is 71.2 Å². The lowest BCUT2D eigenvalue weighted by Gasteiger charge is -2.33. The quantitative estimate of drug-likeness (QED) is 0.559. The van der Waals surface area contributed by atoms with E-state index in [1.807, 2.05) is 0 Å². The van der Waals surface area contributed by atoms with E-state index >= 15 is 0 Å². The number of oxazole rings is 1. The first-order valence-corrected chi connectivity index (χ1v) is 9.09. The summed E-state index contributed by atoms with van der Waals surface area (Å²) in [5.41, 5.74) is 1.81. The van der Waals surface area contributed by atoms with Crippen LogP contribution < -0.4 is 0 Å². The molecule has 1 aromatic carbocycles. The summed E-state index contributed by atoms with van der Waals surface area (Å²) in [6, 6.07) is 5.71. The highest BCUT2D eigenvalue weighted by Crippen LogP contribution is 2.43. The number of H-pyrrole nitrogens is 1. The molecule has 1 aliphatic heterocycles. The predicted octanol–water partition coefficient (Wildman–Crippen LogP) is 4.18. The van der Waals surface area contributed by atoms with Gasteiger partial charge in [0.15, 0.2) is 6.39 Å². The summed E-state index contributed by atoms with van der Waals surface area (Å²) in [6.45, 7) is 1.94. The molecule has 4 heterocycles. The van der Waals surface area contributed by atoms with Crippen molar-refractivity contribution in [2.45, 2.75) is 25.8 Å². The standard InChI is InChI=1S/C20H16F2N4O3/c1-10-17(28-9-25-10)20(27)26-7-6-12-15(24-8-23-12)16(26)18-14(19(21)22)11-4-2-3-5-13(11)29-18/h2-5,8-9,16,19H,6-7H2,1H3,(H,23,24)/t16-/m1/s1. The fourth-order valence-corrected chi connectivity index (χ4v) is 3.91. The minimum Gasteiger partial charge on any atom is -0.458 e. The number of aromatic amines is 1. The second-order valence-electron chi connectivity index (χ2n) is 6.86. The molecule has 1 aliphatic rings. The molecule has 9 heteroatoms. The molecule has 0 radical (unpaired) electrons. The number of fused-ring (bicyclic) bond motifs is 2. The van der Waals surface area contributed by atoms with E-state index in [2.05, 4.69) is 15.0 Å². The smallest absolute Gasteiger partial charge is 0.292 e. The molecule has 0 unspecified atom stereocenters. The van der Waals surface area contributed by atoms with Crippen LogP contribution in [0.5, 0.6) is 0 Å². The van der Waals surface area contributed by atoms with E-state index in [0.717, 1.165) is 5.69 Å². The Morgan fingerprint density at radius 2 is 2.14 bits per heavy atom. The normalized spacial score (nSPS) is 16.6. The van der Waals surface area contributed by atoms with Gasteiger partial charge >= 0.3 is 0 Å². The van der Waals surface area contributed by atoms with Crippen molar-refractivity contribution >= 4 is 16.9 Å². The summed E-state index contributed by atoms with van der Waals surface area (Å²) >= 11 is 0. The predicted molar refractivity (Wildman–Crippen MR) is 97.6 cm³/mol. The molecule has 5 rings (SSSR count). The van der Waals surface area contributed by atoms with E-state index in [-0.39, 0.29) is 17.1 Å². The lowest BCUT2D eigenvalue weighted by Crippen LogP contribution is -2.41. The van der Waals surface area contributed by atoms with Crippen molar-refractivity contribution in [2.24, 2.45) is 0 Å². The van der Waals surface area contributed by atoms with E-state index in [4.69, 9.17) is 8.83 Å². The Morgan fingerprint density at radius 1 is 1.31 bits per heavy atom. The highest BCUT2D eigenvalue weighted by Gasteiger charge is 2.41. The monoisotopic (exact) mass is 398 g/mol. The number of aryl methyl sites for hydroxylation is 1. The van der Waals surface area contributed by atoms with Crippen molar-refractivity contribution in [3.8, 4) is 0 Å². The Morgan fingerprint density at radius 3 is 2.90 bits per heavy atom. The molecule has 4 aromatic rings. The SMILES string of the molecule is Cc1ncoc1C(=O)N1CCc2[nH]cnc2[C@@H]1c1oc2ccccc2c1C(F)F. The lowest BCUT2D eigenvalue weighted by atomic mass is 9.96. The molecule has 3 aromatic heterocycles. The maximum atomic E-state index is 14.1. The van der Waals surface area contributed by atoms with Gasteiger partial charge in [-0.15, -0.1) is 0 Å². The van der Waals surface area contributed by atoms with E-state index in [0.29, 0.717) is 35.3 Å². The molecule has 1 N–H and O–H groups in total. The summed E-state index contributed by atoms with van der Waals surface area (Å²) in [5.74, 6) is -0.359. The highest BCUT2D eigenvalue weighted by atomic mass is 19.3. The van der Waals surface area contributed by atoms with Crippen molar-refractivity contribution < 1.29 is 22.4 Å². The van der Waals surface area contributed by atoms with Crippen LogP contribution in [0.15, 0.2) is 45.8 Å². The lowest BCUT2D eigenvalue weighted by molar-refractivity contribution is 0.0630. The number of carbonyl (C=O) groups excluding carboxylic acids is 1. The number of hydrogen-bond acceptors (Lipinski definition) is 5. The third-order valence-electron chi connectivity index (χ3n) is 5.25. The molecule has 29 heavy (non-hydrogen) atoms. The topological polar surface area (TPSA) is 88.2 Å². The average molecular weight is 398 g/mol. The number of nitrogens with zero attached hydrogens (tertiary/aromatic N) is 3. The van der Waals surface area contributed by atoms with E-state index in [1.54, 1.807) is 31.2 Å². The summed E-state index contributed by atoms with van der Waals surface area (Å²) in [7, 11) is 0. The number of rotatable bonds is 3. The summed E-state index contributed by atoms with van der Waals surface area (Å²) in [4.78, 5) is 26.0. The van der Waals surface area contributed by atoms with Crippen LogP contribution in [0.2, 0.25) is 0 Å². The van der Waals surface area contributed by atoms with Gasteiger partial charge in [-0.05, 0) is 13.0 Å². The zero-order valence-corrected chi connectivity index (χ0v) is 15.4. The second kappa shape index (κ2) is 6.54. The van der Waals surface area contributed by atoms with Gasteiger partial charge in [-0.25, -0.2) is 18.7 Å². The van der Waals surface area contributed by atoms with Crippen molar-refractivity contribution in [2.75, 3.05) is 6.54 Å². The van der Waals surface area contributed by atoms with Crippen molar-refractivity contribution in [1.82, 2.24) is 19.9 Å². The number of amides is 1. The van der Waals surface area contributed by atoms with Crippen LogP contribution in [0, 0.1) is 6.92 Å². The van der Waals surface area contributed by atoms with Gasteiger partial charge in [-0.3, -0.25) is 4.79 Å². The fraction of sp³-hybridized carbons (Fsp3) is 0.250. The van der Waals surface area contributed by atoms with Gasteiger partial charge in [0, 0.05) is 24.0 Å². The Bertz CT molecular complexity index is 1210. The van der Waals surface area contributed by atoms with Crippen LogP contribution in [-0.2, 0) is 6.42 Å². The Kier molecular flexibility index (Phi) is 3.97. The number of benzene rings is 1. The van der Waals surface area contributed by atoms with E-state index in [9.17, 15) is 13.6 Å². The second-order valence-corrected chi connectivity index (χ2v) is 6.86. The largest absolute Gasteiger partial charge is 0.458 e. The zero-order chi connectivity index (χ0) is 20.1. The third kappa shape index (κ3) is 2.65. The summed E-state index contributed by atoms with van der Waals surface area (Å²) in [6.07, 6.45) is 0.417. The van der Waals surface area contributed by atoms with Crippen LogP contribution in [0.3, 0.4) is 0 Å². The first-order valence-electron chi connectivity index (χ1n) is 9.09. The maximum absolute atomic E-state index is 14.1. The number of hydrogen-bond donors (Lipinski definition) is 1. The molecular formula is C20H16F2N4O3. The maximum Gasteiger partial charge on any atom is 0.292 e. The number of alkyl halides is 2. The van der Waals surface area contributed by atoms with Gasteiger partial charge in [-0.1, -0.05) is 18.2 Å². The number of aromatic nitrogens is 3. The van der Waals surface area contributed by atoms with Gasteiger partial charge in [0.1, 0.15) is 17.4 Å². The molecule has 0 bridgehead atoms. The molecule has 148 valence electrons. The van der Waals surface area contributed by atoms with Gasteiger partial charge in [0.25, 0.3) is 12.3 Å².